The number of hydrogen-bond donors (Lipinski definition) is 3. The molecule has 2 amide bonds. The summed E-state index contributed by atoms with van der Waals surface area (Å²) in [6.07, 6.45) is 3.59. The molecule has 3 unspecified atom stereocenters. The summed E-state index contributed by atoms with van der Waals surface area (Å²) in [6, 6.07) is 12.0. The molecule has 0 radical (unpaired) electrons. The highest BCUT2D eigenvalue weighted by atomic mass is 19.1. The zero-order valence-corrected chi connectivity index (χ0v) is 15.6. The van der Waals surface area contributed by atoms with Crippen molar-refractivity contribution in [1.29, 1.82) is 0 Å². The van der Waals surface area contributed by atoms with Gasteiger partial charge in [0.15, 0.2) is 0 Å². The third kappa shape index (κ3) is 4.57. The number of aliphatic hydroxyl groups excluding tert-OH is 1. The van der Waals surface area contributed by atoms with Gasteiger partial charge >= 0.3 is 0 Å². The molecule has 1 aliphatic carbocycles. The summed E-state index contributed by atoms with van der Waals surface area (Å²) in [7, 11) is 0. The van der Waals surface area contributed by atoms with Crippen molar-refractivity contribution in [3.8, 4) is 0 Å². The molecular weight excluding hydrogens is 359 g/mol. The zero-order valence-electron chi connectivity index (χ0n) is 15.6. The van der Waals surface area contributed by atoms with E-state index in [0.717, 1.165) is 36.8 Å². The molecule has 148 valence electrons. The normalized spacial score (nSPS) is 20.4. The Morgan fingerprint density at radius 2 is 1.71 bits per heavy atom. The number of primary amides is 1. The molecule has 4 N–H and O–H groups in total. The Hall–Kier alpha value is -2.73. The summed E-state index contributed by atoms with van der Waals surface area (Å²) >= 11 is 0. The fraction of sp³-hybridized carbons (Fsp3) is 0.364. The fourth-order valence-electron chi connectivity index (χ4n) is 3.94. The highest BCUT2D eigenvalue weighted by Gasteiger charge is 2.34. The van der Waals surface area contributed by atoms with Crippen LogP contribution in [0.4, 0.5) is 4.39 Å². The topological polar surface area (TPSA) is 92.4 Å². The number of carbonyl (C=O) groups is 2. The van der Waals surface area contributed by atoms with Gasteiger partial charge in [0, 0.05) is 5.92 Å². The Labute approximate surface area is 163 Å². The summed E-state index contributed by atoms with van der Waals surface area (Å²) < 4.78 is 13.2. The highest BCUT2D eigenvalue weighted by Crippen LogP contribution is 2.38. The second-order valence-corrected chi connectivity index (χ2v) is 7.29. The first-order chi connectivity index (χ1) is 13.5. The van der Waals surface area contributed by atoms with E-state index in [1.165, 1.54) is 24.3 Å². The lowest BCUT2D eigenvalue weighted by Gasteiger charge is -2.32. The number of rotatable bonds is 6. The summed E-state index contributed by atoms with van der Waals surface area (Å²) in [5, 5.41) is 12.0. The number of nitrogens with two attached hydrogens (primary N) is 1. The van der Waals surface area contributed by atoms with Gasteiger partial charge in [-0.3, -0.25) is 9.59 Å². The van der Waals surface area contributed by atoms with Crippen molar-refractivity contribution in [2.45, 2.75) is 44.2 Å². The maximum atomic E-state index is 13.2. The third-order valence-electron chi connectivity index (χ3n) is 5.47. The van der Waals surface area contributed by atoms with Crippen molar-refractivity contribution in [2.24, 2.45) is 11.7 Å². The van der Waals surface area contributed by atoms with Crippen molar-refractivity contribution in [3.63, 3.8) is 0 Å². The van der Waals surface area contributed by atoms with Gasteiger partial charge in [-0.2, -0.15) is 0 Å². The maximum absolute atomic E-state index is 13.2. The average molecular weight is 384 g/mol. The molecule has 6 heteroatoms. The van der Waals surface area contributed by atoms with E-state index < -0.39 is 17.8 Å². The van der Waals surface area contributed by atoms with E-state index in [2.05, 4.69) is 5.32 Å². The third-order valence-corrected chi connectivity index (χ3v) is 5.47. The van der Waals surface area contributed by atoms with Gasteiger partial charge in [0.2, 0.25) is 11.8 Å². The second kappa shape index (κ2) is 8.97. The summed E-state index contributed by atoms with van der Waals surface area (Å²) in [4.78, 5) is 24.9. The predicted octanol–water partition coefficient (Wildman–Crippen LogP) is 2.93. The first kappa shape index (κ1) is 20.0. The van der Waals surface area contributed by atoms with Crippen molar-refractivity contribution >= 4 is 11.8 Å². The van der Waals surface area contributed by atoms with E-state index in [9.17, 15) is 19.1 Å². The molecule has 1 saturated carbocycles. The Kier molecular flexibility index (Phi) is 6.41. The van der Waals surface area contributed by atoms with Crippen molar-refractivity contribution in [1.82, 2.24) is 5.32 Å². The zero-order chi connectivity index (χ0) is 20.1. The molecule has 2 aromatic rings. The van der Waals surface area contributed by atoms with Gasteiger partial charge in [-0.1, -0.05) is 49.2 Å². The highest BCUT2D eigenvalue weighted by molar-refractivity contribution is 5.89. The molecule has 3 atom stereocenters. The van der Waals surface area contributed by atoms with E-state index in [-0.39, 0.29) is 24.3 Å². The van der Waals surface area contributed by atoms with Gasteiger partial charge in [-0.15, -0.1) is 0 Å². The van der Waals surface area contributed by atoms with E-state index >= 15 is 0 Å². The van der Waals surface area contributed by atoms with E-state index in [0.29, 0.717) is 5.56 Å². The Bertz CT molecular complexity index is 821. The van der Waals surface area contributed by atoms with Crippen LogP contribution in [0.15, 0.2) is 48.5 Å². The van der Waals surface area contributed by atoms with Crippen LogP contribution in [0.1, 0.15) is 54.3 Å². The van der Waals surface area contributed by atoms with Crippen LogP contribution < -0.4 is 11.1 Å². The van der Waals surface area contributed by atoms with Crippen LogP contribution in [-0.2, 0) is 16.2 Å². The second-order valence-electron chi connectivity index (χ2n) is 7.29. The number of nitrogens with one attached hydrogen (secondary N) is 1. The Morgan fingerprint density at radius 3 is 2.32 bits per heavy atom. The van der Waals surface area contributed by atoms with Crippen molar-refractivity contribution < 1.29 is 19.1 Å². The largest absolute Gasteiger partial charge is 0.392 e. The molecule has 5 nitrogen and oxygen atoms in total. The number of halogens is 1. The van der Waals surface area contributed by atoms with Gasteiger partial charge in [0.25, 0.3) is 0 Å². The van der Waals surface area contributed by atoms with Crippen LogP contribution in [-0.4, -0.2) is 16.9 Å². The molecule has 3 rings (SSSR count). The average Bonchev–Trinajstić information content (AvgIpc) is 2.72. The summed E-state index contributed by atoms with van der Waals surface area (Å²) in [5.74, 6) is -1.54. The van der Waals surface area contributed by atoms with Gasteiger partial charge in [-0.05, 0) is 47.6 Å². The SMILES string of the molecule is NC(=O)C(NC(=O)C1CCCCC1c1ccc(CO)cc1)c1ccc(F)cc1. The van der Waals surface area contributed by atoms with Crippen LogP contribution in [0.2, 0.25) is 0 Å². The lowest BCUT2D eigenvalue weighted by Crippen LogP contribution is -2.42. The lowest BCUT2D eigenvalue weighted by molar-refractivity contribution is -0.131. The number of hydrogen-bond acceptors (Lipinski definition) is 3. The number of carbonyl (C=O) groups excluding carboxylic acids is 2. The summed E-state index contributed by atoms with van der Waals surface area (Å²) in [5.41, 5.74) is 7.83. The minimum absolute atomic E-state index is 0.0210. The first-order valence-corrected chi connectivity index (χ1v) is 9.54. The minimum atomic E-state index is -0.993. The molecule has 1 fully saturated rings. The lowest BCUT2D eigenvalue weighted by atomic mass is 9.74. The minimum Gasteiger partial charge on any atom is -0.392 e. The number of benzene rings is 2. The number of amides is 2. The molecule has 1 aliphatic rings. The molecule has 28 heavy (non-hydrogen) atoms. The molecule has 0 aromatic heterocycles. The van der Waals surface area contributed by atoms with Gasteiger partial charge in [-0.25, -0.2) is 4.39 Å². The van der Waals surface area contributed by atoms with Crippen LogP contribution in [0, 0.1) is 11.7 Å². The van der Waals surface area contributed by atoms with Gasteiger partial charge in [0.1, 0.15) is 11.9 Å². The van der Waals surface area contributed by atoms with Crippen LogP contribution in [0.5, 0.6) is 0 Å². The van der Waals surface area contributed by atoms with Crippen molar-refractivity contribution in [2.75, 3.05) is 0 Å². The van der Waals surface area contributed by atoms with E-state index in [1.54, 1.807) is 0 Å². The quantitative estimate of drug-likeness (QED) is 0.715. The Morgan fingerprint density at radius 1 is 1.07 bits per heavy atom. The molecule has 0 bridgehead atoms. The van der Waals surface area contributed by atoms with Crippen LogP contribution in [0.25, 0.3) is 0 Å². The standard InChI is InChI=1S/C22H25FN2O3/c23-17-11-9-16(10-12-17)20(21(24)27)25-22(28)19-4-2-1-3-18(19)15-7-5-14(13-26)6-8-15/h5-12,18-20,26H,1-4,13H2,(H2,24,27)(H,25,28). The molecule has 0 aliphatic heterocycles. The van der Waals surface area contributed by atoms with Crippen LogP contribution in [0.3, 0.4) is 0 Å². The Balaban J connectivity index is 1.79. The van der Waals surface area contributed by atoms with Gasteiger partial charge in [0.05, 0.1) is 6.61 Å². The fourth-order valence-corrected chi connectivity index (χ4v) is 3.94. The predicted molar refractivity (Wildman–Crippen MR) is 104 cm³/mol. The van der Waals surface area contributed by atoms with E-state index in [4.69, 9.17) is 5.73 Å². The molecule has 0 spiro atoms. The van der Waals surface area contributed by atoms with E-state index in [1.807, 2.05) is 24.3 Å². The van der Waals surface area contributed by atoms with Crippen LogP contribution >= 0.6 is 0 Å². The monoisotopic (exact) mass is 384 g/mol. The summed E-state index contributed by atoms with van der Waals surface area (Å²) in [6.45, 7) is -0.0210. The smallest absolute Gasteiger partial charge is 0.244 e. The van der Waals surface area contributed by atoms with Gasteiger partial charge < -0.3 is 16.2 Å². The first-order valence-electron chi connectivity index (χ1n) is 9.54. The molecular formula is C22H25FN2O3. The number of aliphatic hydroxyl groups is 1. The maximum Gasteiger partial charge on any atom is 0.244 e. The molecule has 0 heterocycles. The molecule has 2 aromatic carbocycles. The van der Waals surface area contributed by atoms with Crippen molar-refractivity contribution in [3.05, 3.63) is 71.0 Å². The molecule has 0 saturated heterocycles.